The molecule has 1 unspecified atom stereocenters. The van der Waals surface area contributed by atoms with Gasteiger partial charge in [-0.3, -0.25) is 4.79 Å². The maximum atomic E-state index is 12.5. The van der Waals surface area contributed by atoms with E-state index in [1.165, 1.54) is 29.4 Å². The van der Waals surface area contributed by atoms with Crippen molar-refractivity contribution < 1.29 is 14.3 Å². The standard InChI is InChI=1S/C24H28BrNO3S/c1-5-24(2,3)16-9-12-18-19(14-16)30-22(21(18)23(28)29-4)26-20(27)13-8-15-6-10-17(25)11-7-15/h6-8,10-11,13,16H,5,9,12,14H2,1-4H3,(H,26,27)/b13-8+. The number of nitrogens with one attached hydrogen (secondary N) is 1. The number of hydrogen-bond donors (Lipinski definition) is 1. The van der Waals surface area contributed by atoms with Crippen LogP contribution in [0.15, 0.2) is 34.8 Å². The van der Waals surface area contributed by atoms with Gasteiger partial charge in [-0.1, -0.05) is 55.3 Å². The van der Waals surface area contributed by atoms with Crippen molar-refractivity contribution in [3.63, 3.8) is 0 Å². The third kappa shape index (κ3) is 5.03. The SMILES string of the molecule is CCC(C)(C)C1CCc2c(sc(NC(=O)/C=C/c3ccc(Br)cc3)c2C(=O)OC)C1. The van der Waals surface area contributed by atoms with E-state index in [9.17, 15) is 9.59 Å². The van der Waals surface area contributed by atoms with Crippen LogP contribution in [-0.2, 0) is 22.4 Å². The normalized spacial score (nSPS) is 16.4. The van der Waals surface area contributed by atoms with Crippen molar-refractivity contribution >= 4 is 50.2 Å². The van der Waals surface area contributed by atoms with Crippen LogP contribution in [0, 0.1) is 11.3 Å². The van der Waals surface area contributed by atoms with Gasteiger partial charge in [0.05, 0.1) is 12.7 Å². The van der Waals surface area contributed by atoms with Crippen LogP contribution in [0.4, 0.5) is 5.00 Å². The smallest absolute Gasteiger partial charge is 0.341 e. The summed E-state index contributed by atoms with van der Waals surface area (Å²) in [5.41, 5.74) is 2.75. The van der Waals surface area contributed by atoms with Gasteiger partial charge in [-0.15, -0.1) is 11.3 Å². The highest BCUT2D eigenvalue weighted by molar-refractivity contribution is 9.10. The Bertz CT molecular complexity index is 960. The maximum Gasteiger partial charge on any atom is 0.341 e. The van der Waals surface area contributed by atoms with Gasteiger partial charge >= 0.3 is 5.97 Å². The molecule has 160 valence electrons. The van der Waals surface area contributed by atoms with Gasteiger partial charge in [0, 0.05) is 15.4 Å². The third-order valence-corrected chi connectivity index (χ3v) is 7.90. The van der Waals surface area contributed by atoms with Gasteiger partial charge in [-0.05, 0) is 59.9 Å². The minimum atomic E-state index is -0.382. The highest BCUT2D eigenvalue weighted by Gasteiger charge is 2.35. The number of hydrogen-bond acceptors (Lipinski definition) is 4. The molecule has 1 amide bonds. The quantitative estimate of drug-likeness (QED) is 0.372. The van der Waals surface area contributed by atoms with Gasteiger partial charge in [0.25, 0.3) is 0 Å². The summed E-state index contributed by atoms with van der Waals surface area (Å²) in [6.07, 6.45) is 7.20. The molecule has 0 spiro atoms. The van der Waals surface area contributed by atoms with E-state index >= 15 is 0 Å². The van der Waals surface area contributed by atoms with Crippen molar-refractivity contribution in [1.82, 2.24) is 0 Å². The van der Waals surface area contributed by atoms with E-state index in [0.29, 0.717) is 16.5 Å². The minimum absolute atomic E-state index is 0.254. The first kappa shape index (κ1) is 22.8. The molecule has 1 aromatic heterocycles. The van der Waals surface area contributed by atoms with Crippen LogP contribution < -0.4 is 5.32 Å². The fraction of sp³-hybridized carbons (Fsp3) is 0.417. The molecule has 0 bridgehead atoms. The van der Waals surface area contributed by atoms with Gasteiger partial charge < -0.3 is 10.1 Å². The Morgan fingerprint density at radius 3 is 2.63 bits per heavy atom. The molecule has 0 saturated heterocycles. The molecular weight excluding hydrogens is 462 g/mol. The van der Waals surface area contributed by atoms with Crippen LogP contribution in [0.1, 0.15) is 60.0 Å². The average molecular weight is 490 g/mol. The second-order valence-electron chi connectivity index (χ2n) is 8.36. The summed E-state index contributed by atoms with van der Waals surface area (Å²) in [4.78, 5) is 26.2. The fourth-order valence-corrected chi connectivity index (χ4v) is 5.43. The van der Waals surface area contributed by atoms with Crippen LogP contribution in [0.2, 0.25) is 0 Å². The largest absolute Gasteiger partial charge is 0.465 e. The Kier molecular flexibility index (Phi) is 7.19. The minimum Gasteiger partial charge on any atom is -0.465 e. The molecule has 1 aliphatic rings. The summed E-state index contributed by atoms with van der Waals surface area (Å²) in [6.45, 7) is 6.85. The molecule has 1 aromatic carbocycles. The Balaban J connectivity index is 1.83. The summed E-state index contributed by atoms with van der Waals surface area (Å²) >= 11 is 4.92. The van der Waals surface area contributed by atoms with E-state index in [2.05, 4.69) is 42.0 Å². The van der Waals surface area contributed by atoms with E-state index in [1.54, 1.807) is 6.08 Å². The lowest BCUT2D eigenvalue weighted by Crippen LogP contribution is -2.28. The molecule has 30 heavy (non-hydrogen) atoms. The summed E-state index contributed by atoms with van der Waals surface area (Å²) in [5.74, 6) is -0.0694. The first-order valence-corrected chi connectivity index (χ1v) is 11.8. The van der Waals surface area contributed by atoms with Crippen LogP contribution in [-0.4, -0.2) is 19.0 Å². The average Bonchev–Trinajstić information content (AvgIpc) is 3.09. The first-order valence-electron chi connectivity index (χ1n) is 10.2. The fourth-order valence-electron chi connectivity index (χ4n) is 3.85. The number of rotatable bonds is 6. The molecule has 6 heteroatoms. The molecule has 2 aromatic rings. The molecule has 1 heterocycles. The number of ether oxygens (including phenoxy) is 1. The second kappa shape index (κ2) is 9.48. The number of anilines is 1. The van der Waals surface area contributed by atoms with Crippen molar-refractivity contribution in [3.8, 4) is 0 Å². The third-order valence-electron chi connectivity index (χ3n) is 6.21. The second-order valence-corrected chi connectivity index (χ2v) is 10.4. The van der Waals surface area contributed by atoms with Crippen molar-refractivity contribution in [2.24, 2.45) is 11.3 Å². The molecule has 0 radical (unpaired) electrons. The molecule has 1 aliphatic carbocycles. The predicted molar refractivity (Wildman–Crippen MR) is 127 cm³/mol. The molecular formula is C24H28BrNO3S. The number of esters is 1. The lowest BCUT2D eigenvalue weighted by Gasteiger charge is -2.36. The monoisotopic (exact) mass is 489 g/mol. The summed E-state index contributed by atoms with van der Waals surface area (Å²) in [5, 5.41) is 3.50. The van der Waals surface area contributed by atoms with Gasteiger partial charge in [0.2, 0.25) is 5.91 Å². The molecule has 0 saturated carbocycles. The Hall–Kier alpha value is -1.92. The highest BCUT2D eigenvalue weighted by atomic mass is 79.9. The van der Waals surface area contributed by atoms with Crippen LogP contribution >= 0.6 is 27.3 Å². The number of benzene rings is 1. The van der Waals surface area contributed by atoms with E-state index in [-0.39, 0.29) is 17.3 Å². The van der Waals surface area contributed by atoms with Crippen LogP contribution in [0.3, 0.4) is 0 Å². The summed E-state index contributed by atoms with van der Waals surface area (Å²) in [7, 11) is 1.39. The van der Waals surface area contributed by atoms with E-state index in [0.717, 1.165) is 41.3 Å². The molecule has 3 rings (SSSR count). The molecule has 1 atom stereocenters. The van der Waals surface area contributed by atoms with E-state index < -0.39 is 0 Å². The molecule has 0 fully saturated rings. The van der Waals surface area contributed by atoms with E-state index in [1.807, 2.05) is 24.3 Å². The lowest BCUT2D eigenvalue weighted by atomic mass is 9.69. The topological polar surface area (TPSA) is 55.4 Å². The van der Waals surface area contributed by atoms with Crippen molar-refractivity contribution in [2.75, 3.05) is 12.4 Å². The molecule has 0 aliphatic heterocycles. The van der Waals surface area contributed by atoms with Gasteiger partial charge in [-0.2, -0.15) is 0 Å². The number of amides is 1. The summed E-state index contributed by atoms with van der Waals surface area (Å²) < 4.78 is 6.02. The Morgan fingerprint density at radius 1 is 1.30 bits per heavy atom. The first-order chi connectivity index (χ1) is 14.2. The van der Waals surface area contributed by atoms with Gasteiger partial charge in [0.15, 0.2) is 0 Å². The Morgan fingerprint density at radius 2 is 2.00 bits per heavy atom. The summed E-state index contributed by atoms with van der Waals surface area (Å²) in [6, 6.07) is 7.70. The number of halogens is 1. The van der Waals surface area contributed by atoms with E-state index in [4.69, 9.17) is 4.74 Å². The predicted octanol–water partition coefficient (Wildman–Crippen LogP) is 6.49. The van der Waals surface area contributed by atoms with Crippen molar-refractivity contribution in [2.45, 2.75) is 46.5 Å². The number of thiophene rings is 1. The van der Waals surface area contributed by atoms with Crippen LogP contribution in [0.5, 0.6) is 0 Å². The lowest BCUT2D eigenvalue weighted by molar-refractivity contribution is -0.111. The maximum absolute atomic E-state index is 12.5. The highest BCUT2D eigenvalue weighted by Crippen LogP contribution is 2.45. The van der Waals surface area contributed by atoms with Crippen molar-refractivity contribution in [1.29, 1.82) is 0 Å². The van der Waals surface area contributed by atoms with Crippen LogP contribution in [0.25, 0.3) is 6.08 Å². The number of carbonyl (C=O) groups excluding carboxylic acids is 2. The van der Waals surface area contributed by atoms with Crippen molar-refractivity contribution in [3.05, 3.63) is 56.4 Å². The zero-order valence-corrected chi connectivity index (χ0v) is 20.3. The molecule has 1 N–H and O–H groups in total. The number of methoxy groups -OCH3 is 1. The van der Waals surface area contributed by atoms with Gasteiger partial charge in [-0.25, -0.2) is 4.79 Å². The number of carbonyl (C=O) groups is 2. The number of fused-ring (bicyclic) bond motifs is 1. The Labute approximate surface area is 190 Å². The van der Waals surface area contributed by atoms with Gasteiger partial charge in [0.1, 0.15) is 5.00 Å². The zero-order valence-electron chi connectivity index (χ0n) is 17.9. The zero-order chi connectivity index (χ0) is 21.9. The molecule has 4 nitrogen and oxygen atoms in total.